The zero-order valence-corrected chi connectivity index (χ0v) is 18.5. The molecule has 0 saturated carbocycles. The first-order valence-electron chi connectivity index (χ1n) is 11.8. The van der Waals surface area contributed by atoms with Gasteiger partial charge in [0.25, 0.3) is 0 Å². The minimum absolute atomic E-state index is 0.489. The van der Waals surface area contributed by atoms with Crippen molar-refractivity contribution in [3.63, 3.8) is 0 Å². The van der Waals surface area contributed by atoms with Gasteiger partial charge in [-0.3, -0.25) is 4.98 Å². The molecule has 2 aliphatic rings. The molecule has 0 spiro atoms. The average Bonchev–Trinajstić information content (AvgIpc) is 3.48. The number of piperidine rings is 1. The Hall–Kier alpha value is -3.28. The highest BCUT2D eigenvalue weighted by Crippen LogP contribution is 2.35. The molecule has 1 aromatic carbocycles. The Bertz CT molecular complexity index is 1250. The molecule has 0 amide bonds. The first-order chi connectivity index (χ1) is 15.8. The fraction of sp³-hybridized carbons (Fsp3) is 0.385. The first kappa shape index (κ1) is 19.4. The Morgan fingerprint density at radius 1 is 0.938 bits per heavy atom. The highest BCUT2D eigenvalue weighted by molar-refractivity contribution is 5.76. The van der Waals surface area contributed by atoms with Gasteiger partial charge in [0.2, 0.25) is 0 Å². The number of para-hydroxylation sites is 2. The second-order valence-electron chi connectivity index (χ2n) is 8.84. The maximum atomic E-state index is 5.08. The minimum atomic E-state index is 0.489. The monoisotopic (exact) mass is 424 g/mol. The molecule has 0 unspecified atom stereocenters. The summed E-state index contributed by atoms with van der Waals surface area (Å²) in [5.74, 6) is 3.19. The molecular weight excluding hydrogens is 396 g/mol. The van der Waals surface area contributed by atoms with Crippen LogP contribution in [-0.4, -0.2) is 37.6 Å². The van der Waals surface area contributed by atoms with Gasteiger partial charge in [0.05, 0.1) is 11.0 Å². The minimum Gasteiger partial charge on any atom is -0.356 e. The number of pyridine rings is 1. The molecule has 4 aromatic rings. The Balaban J connectivity index is 1.30. The molecule has 6 rings (SSSR count). The van der Waals surface area contributed by atoms with Crippen molar-refractivity contribution in [1.82, 2.24) is 24.5 Å². The van der Waals surface area contributed by atoms with Crippen LogP contribution in [0.25, 0.3) is 22.4 Å². The third-order valence-corrected chi connectivity index (χ3v) is 6.96. The number of imidazole rings is 1. The second-order valence-corrected chi connectivity index (χ2v) is 8.84. The third kappa shape index (κ3) is 3.25. The van der Waals surface area contributed by atoms with Gasteiger partial charge in [-0.15, -0.1) is 0 Å². The molecule has 0 bridgehead atoms. The van der Waals surface area contributed by atoms with Crippen molar-refractivity contribution in [1.29, 1.82) is 0 Å². The number of aryl methyl sites for hydroxylation is 2. The first-order valence-corrected chi connectivity index (χ1v) is 11.8. The lowest BCUT2D eigenvalue weighted by atomic mass is 10.0. The van der Waals surface area contributed by atoms with E-state index >= 15 is 0 Å². The smallest absolute Gasteiger partial charge is 0.161 e. The Morgan fingerprint density at radius 2 is 1.75 bits per heavy atom. The van der Waals surface area contributed by atoms with Gasteiger partial charge in [0.15, 0.2) is 5.82 Å². The van der Waals surface area contributed by atoms with Gasteiger partial charge >= 0.3 is 0 Å². The number of hydrogen-bond donors (Lipinski definition) is 0. The SMILES string of the molecule is CCc1nc2ccccc2n1C1CCN(c2nc(-c3ccncc3)nc3c2CCC3)CC1. The number of fused-ring (bicyclic) bond motifs is 2. The van der Waals surface area contributed by atoms with Crippen molar-refractivity contribution < 1.29 is 0 Å². The molecule has 1 fully saturated rings. The molecule has 4 heterocycles. The van der Waals surface area contributed by atoms with Gasteiger partial charge in [-0.1, -0.05) is 19.1 Å². The van der Waals surface area contributed by atoms with E-state index in [9.17, 15) is 0 Å². The highest BCUT2D eigenvalue weighted by atomic mass is 15.2. The zero-order valence-electron chi connectivity index (χ0n) is 18.5. The molecule has 0 atom stereocenters. The van der Waals surface area contributed by atoms with E-state index in [1.165, 1.54) is 29.0 Å². The fourth-order valence-electron chi connectivity index (χ4n) is 5.39. The maximum absolute atomic E-state index is 5.08. The number of hydrogen-bond acceptors (Lipinski definition) is 5. The summed E-state index contributed by atoms with van der Waals surface area (Å²) in [6, 6.07) is 13.0. The quantitative estimate of drug-likeness (QED) is 0.472. The standard InChI is InChI=1S/C26H28N6/c1-2-24-28-22-7-3-4-9-23(22)32(24)19-12-16-31(17-13-19)26-20-6-5-8-21(20)29-25(30-26)18-10-14-27-15-11-18/h3-4,7,9-11,14-15,19H,2,5-6,8,12-13,16-17H2,1H3. The molecule has 0 radical (unpaired) electrons. The molecular formula is C26H28N6. The summed E-state index contributed by atoms with van der Waals surface area (Å²) >= 11 is 0. The van der Waals surface area contributed by atoms with Crippen molar-refractivity contribution in [2.45, 2.75) is 51.5 Å². The molecule has 1 aliphatic carbocycles. The van der Waals surface area contributed by atoms with Crippen molar-refractivity contribution in [2.75, 3.05) is 18.0 Å². The van der Waals surface area contributed by atoms with Crippen LogP contribution in [0.3, 0.4) is 0 Å². The number of benzene rings is 1. The summed E-state index contributed by atoms with van der Waals surface area (Å²) < 4.78 is 2.50. The fourth-order valence-corrected chi connectivity index (χ4v) is 5.39. The van der Waals surface area contributed by atoms with E-state index in [0.717, 1.165) is 67.9 Å². The number of aromatic nitrogens is 5. The summed E-state index contributed by atoms with van der Waals surface area (Å²) in [4.78, 5) is 21.5. The normalized spacial score (nSPS) is 16.6. The average molecular weight is 425 g/mol. The van der Waals surface area contributed by atoms with E-state index < -0.39 is 0 Å². The summed E-state index contributed by atoms with van der Waals surface area (Å²) in [5.41, 5.74) is 6.03. The highest BCUT2D eigenvalue weighted by Gasteiger charge is 2.28. The van der Waals surface area contributed by atoms with Crippen LogP contribution in [0.1, 0.15) is 49.3 Å². The largest absolute Gasteiger partial charge is 0.356 e. The predicted molar refractivity (Wildman–Crippen MR) is 127 cm³/mol. The van der Waals surface area contributed by atoms with Crippen LogP contribution in [0.4, 0.5) is 5.82 Å². The lowest BCUT2D eigenvalue weighted by molar-refractivity contribution is 0.393. The second kappa shape index (κ2) is 8.01. The number of anilines is 1. The van der Waals surface area contributed by atoms with Gasteiger partial charge < -0.3 is 9.47 Å². The Labute approximate surface area is 188 Å². The van der Waals surface area contributed by atoms with Gasteiger partial charge in [0, 0.05) is 54.8 Å². The van der Waals surface area contributed by atoms with Crippen molar-refractivity contribution in [3.05, 3.63) is 65.9 Å². The van der Waals surface area contributed by atoms with Gasteiger partial charge in [-0.2, -0.15) is 0 Å². The van der Waals surface area contributed by atoms with Crippen LogP contribution in [0.5, 0.6) is 0 Å². The van der Waals surface area contributed by atoms with Crippen LogP contribution in [-0.2, 0) is 19.3 Å². The van der Waals surface area contributed by atoms with E-state index in [1.807, 2.05) is 24.5 Å². The molecule has 162 valence electrons. The maximum Gasteiger partial charge on any atom is 0.161 e. The summed E-state index contributed by atoms with van der Waals surface area (Å²) in [6.07, 6.45) is 10.1. The summed E-state index contributed by atoms with van der Waals surface area (Å²) in [7, 11) is 0. The van der Waals surface area contributed by atoms with E-state index in [1.54, 1.807) is 0 Å². The van der Waals surface area contributed by atoms with Crippen LogP contribution in [0.2, 0.25) is 0 Å². The number of nitrogens with zero attached hydrogens (tertiary/aromatic N) is 6. The Morgan fingerprint density at radius 3 is 2.56 bits per heavy atom. The molecule has 32 heavy (non-hydrogen) atoms. The molecule has 1 saturated heterocycles. The van der Waals surface area contributed by atoms with Crippen LogP contribution < -0.4 is 4.90 Å². The van der Waals surface area contributed by atoms with E-state index in [4.69, 9.17) is 15.0 Å². The van der Waals surface area contributed by atoms with E-state index in [-0.39, 0.29) is 0 Å². The molecule has 3 aromatic heterocycles. The molecule has 1 aliphatic heterocycles. The van der Waals surface area contributed by atoms with Crippen molar-refractivity contribution >= 4 is 16.9 Å². The third-order valence-electron chi connectivity index (χ3n) is 6.96. The lowest BCUT2D eigenvalue weighted by Gasteiger charge is -2.35. The zero-order chi connectivity index (χ0) is 21.5. The summed E-state index contributed by atoms with van der Waals surface area (Å²) in [5, 5.41) is 0. The topological polar surface area (TPSA) is 59.7 Å². The molecule has 6 heteroatoms. The van der Waals surface area contributed by atoms with Gasteiger partial charge in [-0.05, 0) is 56.4 Å². The van der Waals surface area contributed by atoms with Crippen LogP contribution in [0.15, 0.2) is 48.8 Å². The predicted octanol–water partition coefficient (Wildman–Crippen LogP) is 4.78. The van der Waals surface area contributed by atoms with Crippen LogP contribution in [0, 0.1) is 0 Å². The molecule has 0 N–H and O–H groups in total. The van der Waals surface area contributed by atoms with E-state index in [2.05, 4.69) is 45.6 Å². The van der Waals surface area contributed by atoms with Gasteiger partial charge in [-0.25, -0.2) is 15.0 Å². The van der Waals surface area contributed by atoms with E-state index in [0.29, 0.717) is 6.04 Å². The van der Waals surface area contributed by atoms with Crippen molar-refractivity contribution in [3.8, 4) is 11.4 Å². The lowest BCUT2D eigenvalue weighted by Crippen LogP contribution is -2.36. The summed E-state index contributed by atoms with van der Waals surface area (Å²) in [6.45, 7) is 4.23. The van der Waals surface area contributed by atoms with Crippen molar-refractivity contribution in [2.24, 2.45) is 0 Å². The van der Waals surface area contributed by atoms with Gasteiger partial charge in [0.1, 0.15) is 11.6 Å². The molecule has 6 nitrogen and oxygen atoms in total. The van der Waals surface area contributed by atoms with Crippen LogP contribution >= 0.6 is 0 Å². The number of rotatable bonds is 4. The Kier molecular flexibility index (Phi) is 4.86.